The molecular weight excluding hydrogens is 392 g/mol. The highest BCUT2D eigenvalue weighted by atomic mass is 32.2. The summed E-state index contributed by atoms with van der Waals surface area (Å²) in [6, 6.07) is 26.3. The van der Waals surface area contributed by atoms with Gasteiger partial charge in [0, 0.05) is 6.54 Å². The molecule has 0 atom stereocenters. The molecule has 0 bridgehead atoms. The number of imidazole rings is 1. The second kappa shape index (κ2) is 9.41. The molecule has 5 nitrogen and oxygen atoms in total. The van der Waals surface area contributed by atoms with E-state index >= 15 is 0 Å². The van der Waals surface area contributed by atoms with Crippen molar-refractivity contribution in [1.29, 1.82) is 0 Å². The van der Waals surface area contributed by atoms with Crippen molar-refractivity contribution in [2.24, 2.45) is 5.10 Å². The number of carbonyl (C=O) groups excluding carboxylic acids is 1. The quantitative estimate of drug-likeness (QED) is 0.264. The summed E-state index contributed by atoms with van der Waals surface area (Å²) >= 11 is 1.42. The number of hydrazone groups is 1. The highest BCUT2D eigenvalue weighted by Crippen LogP contribution is 2.23. The van der Waals surface area contributed by atoms with Crippen LogP contribution in [-0.4, -0.2) is 27.4 Å². The molecule has 0 aliphatic heterocycles. The van der Waals surface area contributed by atoms with Gasteiger partial charge in [-0.05, 0) is 35.7 Å². The van der Waals surface area contributed by atoms with Crippen LogP contribution in [0.15, 0.2) is 89.1 Å². The van der Waals surface area contributed by atoms with Gasteiger partial charge < -0.3 is 4.57 Å². The second-order valence-electron chi connectivity index (χ2n) is 6.70. The number of benzene rings is 3. The second-order valence-corrected chi connectivity index (χ2v) is 7.64. The Bertz CT molecular complexity index is 1170. The fraction of sp³-hybridized carbons (Fsp3) is 0.125. The summed E-state index contributed by atoms with van der Waals surface area (Å²) in [6.07, 6.45) is 1.65. The SMILES string of the molecule is CCn1c(SCC(=O)N/N=C/c2ccc(-c3ccccc3)cc2)nc2ccccc21. The maximum atomic E-state index is 12.2. The average Bonchev–Trinajstić information content (AvgIpc) is 3.16. The number of nitrogens with one attached hydrogen (secondary N) is 1. The zero-order valence-electron chi connectivity index (χ0n) is 16.7. The summed E-state index contributed by atoms with van der Waals surface area (Å²) in [7, 11) is 0. The van der Waals surface area contributed by atoms with Gasteiger partial charge in [0.25, 0.3) is 5.91 Å². The molecule has 1 amide bonds. The molecule has 30 heavy (non-hydrogen) atoms. The predicted molar refractivity (Wildman–Crippen MR) is 124 cm³/mol. The maximum Gasteiger partial charge on any atom is 0.250 e. The Hall–Kier alpha value is -3.38. The topological polar surface area (TPSA) is 59.3 Å². The molecule has 0 spiro atoms. The molecule has 0 unspecified atom stereocenters. The van der Waals surface area contributed by atoms with Crippen LogP contribution in [0.3, 0.4) is 0 Å². The first-order valence-electron chi connectivity index (χ1n) is 9.80. The van der Waals surface area contributed by atoms with E-state index in [9.17, 15) is 4.79 Å². The minimum absolute atomic E-state index is 0.160. The minimum Gasteiger partial charge on any atom is -0.319 e. The molecule has 1 aromatic heterocycles. The van der Waals surface area contributed by atoms with Gasteiger partial charge in [0.2, 0.25) is 0 Å². The number of nitrogens with zero attached hydrogens (tertiary/aromatic N) is 3. The van der Waals surface area contributed by atoms with E-state index in [1.54, 1.807) is 6.21 Å². The average molecular weight is 415 g/mol. The third kappa shape index (κ3) is 4.60. The van der Waals surface area contributed by atoms with Gasteiger partial charge >= 0.3 is 0 Å². The zero-order valence-corrected chi connectivity index (χ0v) is 17.5. The first-order chi connectivity index (χ1) is 14.7. The highest BCUT2D eigenvalue weighted by molar-refractivity contribution is 7.99. The number of carbonyl (C=O) groups is 1. The lowest BCUT2D eigenvalue weighted by Gasteiger charge is -2.05. The van der Waals surface area contributed by atoms with Gasteiger partial charge in [0.05, 0.1) is 23.0 Å². The number of aryl methyl sites for hydroxylation is 1. The van der Waals surface area contributed by atoms with E-state index in [1.165, 1.54) is 17.3 Å². The number of para-hydroxylation sites is 2. The van der Waals surface area contributed by atoms with Gasteiger partial charge in [-0.25, -0.2) is 10.4 Å². The third-order valence-electron chi connectivity index (χ3n) is 4.69. The Balaban J connectivity index is 1.32. The van der Waals surface area contributed by atoms with Crippen molar-refractivity contribution in [2.45, 2.75) is 18.6 Å². The molecule has 0 fully saturated rings. The molecule has 0 radical (unpaired) electrons. The largest absolute Gasteiger partial charge is 0.319 e. The van der Waals surface area contributed by atoms with Crippen LogP contribution in [0, 0.1) is 0 Å². The van der Waals surface area contributed by atoms with Crippen molar-refractivity contribution in [2.75, 3.05) is 5.75 Å². The van der Waals surface area contributed by atoms with Crippen molar-refractivity contribution in [1.82, 2.24) is 15.0 Å². The highest BCUT2D eigenvalue weighted by Gasteiger charge is 2.11. The van der Waals surface area contributed by atoms with E-state index in [-0.39, 0.29) is 11.7 Å². The first kappa shape index (κ1) is 19.9. The number of aromatic nitrogens is 2. The van der Waals surface area contributed by atoms with Crippen molar-refractivity contribution in [3.63, 3.8) is 0 Å². The van der Waals surface area contributed by atoms with Gasteiger partial charge in [-0.2, -0.15) is 5.10 Å². The molecule has 0 aliphatic rings. The van der Waals surface area contributed by atoms with Gasteiger partial charge in [0.15, 0.2) is 5.16 Å². The van der Waals surface area contributed by atoms with Gasteiger partial charge in [-0.3, -0.25) is 4.79 Å². The van der Waals surface area contributed by atoms with E-state index in [0.29, 0.717) is 0 Å². The lowest BCUT2D eigenvalue weighted by Crippen LogP contribution is -2.20. The molecule has 0 saturated carbocycles. The number of amides is 1. The fourth-order valence-electron chi connectivity index (χ4n) is 3.20. The van der Waals surface area contributed by atoms with Crippen molar-refractivity contribution < 1.29 is 4.79 Å². The van der Waals surface area contributed by atoms with Crippen LogP contribution in [-0.2, 0) is 11.3 Å². The lowest BCUT2D eigenvalue weighted by atomic mass is 10.0. The van der Waals surface area contributed by atoms with Crippen LogP contribution >= 0.6 is 11.8 Å². The summed E-state index contributed by atoms with van der Waals surface area (Å²) in [5.41, 5.74) is 7.86. The molecule has 3 aromatic carbocycles. The fourth-order valence-corrected chi connectivity index (χ4v) is 4.07. The zero-order chi connectivity index (χ0) is 20.8. The summed E-state index contributed by atoms with van der Waals surface area (Å²) in [5, 5.41) is 4.92. The molecule has 1 N–H and O–H groups in total. The van der Waals surface area contributed by atoms with Crippen molar-refractivity contribution in [3.05, 3.63) is 84.4 Å². The van der Waals surface area contributed by atoms with Crippen LogP contribution in [0.4, 0.5) is 0 Å². The Morgan fingerprint density at radius 1 is 1.00 bits per heavy atom. The van der Waals surface area contributed by atoms with Crippen LogP contribution in [0.2, 0.25) is 0 Å². The molecule has 1 heterocycles. The van der Waals surface area contributed by atoms with Crippen LogP contribution < -0.4 is 5.43 Å². The van der Waals surface area contributed by atoms with Crippen LogP contribution in [0.25, 0.3) is 22.2 Å². The maximum absolute atomic E-state index is 12.2. The van der Waals surface area contributed by atoms with E-state index in [4.69, 9.17) is 0 Å². The molecular formula is C24H22N4OS. The Morgan fingerprint density at radius 3 is 2.47 bits per heavy atom. The minimum atomic E-state index is -0.160. The lowest BCUT2D eigenvalue weighted by molar-refractivity contribution is -0.118. The standard InChI is InChI=1S/C24H22N4OS/c1-2-28-22-11-7-6-10-21(22)26-24(28)30-17-23(29)27-25-16-18-12-14-20(15-13-18)19-8-4-3-5-9-19/h3-16H,2,17H2,1H3,(H,27,29)/b25-16+. The Kier molecular flexibility index (Phi) is 6.25. The number of hydrogen-bond acceptors (Lipinski definition) is 4. The van der Waals surface area contributed by atoms with E-state index < -0.39 is 0 Å². The molecule has 4 aromatic rings. The monoisotopic (exact) mass is 414 g/mol. The van der Waals surface area contributed by atoms with E-state index in [0.717, 1.165) is 33.9 Å². The van der Waals surface area contributed by atoms with Crippen molar-refractivity contribution >= 4 is 34.9 Å². The van der Waals surface area contributed by atoms with Gasteiger partial charge in [-0.1, -0.05) is 78.5 Å². The number of rotatable bonds is 7. The summed E-state index contributed by atoms with van der Waals surface area (Å²) in [6.45, 7) is 2.88. The number of thioether (sulfide) groups is 1. The molecule has 0 saturated heterocycles. The Morgan fingerprint density at radius 2 is 1.70 bits per heavy atom. The van der Waals surface area contributed by atoms with Crippen LogP contribution in [0.1, 0.15) is 12.5 Å². The molecule has 4 rings (SSSR count). The molecule has 0 aliphatic carbocycles. The smallest absolute Gasteiger partial charge is 0.250 e. The summed E-state index contributed by atoms with van der Waals surface area (Å²) in [5.74, 6) is 0.0972. The third-order valence-corrected chi connectivity index (χ3v) is 5.67. The van der Waals surface area contributed by atoms with Gasteiger partial charge in [0.1, 0.15) is 0 Å². The summed E-state index contributed by atoms with van der Waals surface area (Å²) in [4.78, 5) is 16.8. The Labute approximate surface area is 179 Å². The molecule has 6 heteroatoms. The van der Waals surface area contributed by atoms with Crippen LogP contribution in [0.5, 0.6) is 0 Å². The number of fused-ring (bicyclic) bond motifs is 1. The van der Waals surface area contributed by atoms with Gasteiger partial charge in [-0.15, -0.1) is 0 Å². The predicted octanol–water partition coefficient (Wildman–Crippen LogP) is 4.97. The summed E-state index contributed by atoms with van der Waals surface area (Å²) < 4.78 is 2.12. The van der Waals surface area contributed by atoms with E-state index in [2.05, 4.69) is 39.1 Å². The van der Waals surface area contributed by atoms with Crippen molar-refractivity contribution in [3.8, 4) is 11.1 Å². The first-order valence-corrected chi connectivity index (χ1v) is 10.8. The normalized spacial score (nSPS) is 11.2. The van der Waals surface area contributed by atoms with E-state index in [1.807, 2.05) is 66.7 Å². The number of hydrogen-bond donors (Lipinski definition) is 1. The molecule has 150 valence electrons.